The smallest absolute Gasteiger partial charge is 0.182 e. The summed E-state index contributed by atoms with van der Waals surface area (Å²) in [7, 11) is 4.79. The summed E-state index contributed by atoms with van der Waals surface area (Å²) in [5.41, 5.74) is 1.47. The zero-order valence-corrected chi connectivity index (χ0v) is 16.4. The third-order valence-corrected chi connectivity index (χ3v) is 5.19. The molecule has 0 spiro atoms. The Balaban J connectivity index is 1.88. The van der Waals surface area contributed by atoms with Crippen molar-refractivity contribution < 1.29 is 19.0 Å². The summed E-state index contributed by atoms with van der Waals surface area (Å²) in [6, 6.07) is 12.7. The van der Waals surface area contributed by atoms with Crippen molar-refractivity contribution in [3.05, 3.63) is 48.0 Å². The molecule has 1 heterocycles. The molecular weight excluding hydrogens is 364 g/mol. The Labute approximate surface area is 163 Å². The van der Waals surface area contributed by atoms with Gasteiger partial charge in [0.25, 0.3) is 0 Å². The van der Waals surface area contributed by atoms with E-state index in [4.69, 9.17) is 14.2 Å². The van der Waals surface area contributed by atoms with Crippen LogP contribution in [0, 0.1) is 0 Å². The lowest BCUT2D eigenvalue weighted by atomic mass is 10.1. The molecule has 0 bridgehead atoms. The molecule has 0 radical (unpaired) electrons. The van der Waals surface area contributed by atoms with Crippen LogP contribution in [0.5, 0.6) is 17.2 Å². The minimum Gasteiger partial charge on any atom is -0.497 e. The molecule has 0 atom stereocenters. The first kappa shape index (κ1) is 19.1. The Morgan fingerprint density at radius 1 is 1.04 bits per heavy atom. The van der Waals surface area contributed by atoms with Gasteiger partial charge in [0.15, 0.2) is 22.4 Å². The normalized spacial score (nSPS) is 13.1. The highest BCUT2D eigenvalue weighted by atomic mass is 32.2. The van der Waals surface area contributed by atoms with E-state index in [-0.39, 0.29) is 12.3 Å². The Bertz CT molecular complexity index is 836. The fourth-order valence-corrected chi connectivity index (χ4v) is 3.63. The number of methoxy groups -OCH3 is 3. The Morgan fingerprint density at radius 2 is 1.78 bits per heavy atom. The molecule has 0 unspecified atom stereocenters. The highest BCUT2D eigenvalue weighted by Crippen LogP contribution is 2.33. The van der Waals surface area contributed by atoms with Crippen molar-refractivity contribution in [3.63, 3.8) is 0 Å². The van der Waals surface area contributed by atoms with Gasteiger partial charge < -0.3 is 19.1 Å². The SMILES string of the molecule is COc1ccc(C(=O)CN(C2=NCCS2)c2ccc(OC)c(OC)c2)cc1. The number of thioether (sulfide) groups is 1. The van der Waals surface area contributed by atoms with Crippen molar-refractivity contribution in [2.45, 2.75) is 0 Å². The van der Waals surface area contributed by atoms with Crippen molar-refractivity contribution >= 4 is 28.4 Å². The molecule has 0 aromatic heterocycles. The fraction of sp³-hybridized carbons (Fsp3) is 0.300. The molecule has 0 fully saturated rings. The second kappa shape index (κ2) is 8.81. The van der Waals surface area contributed by atoms with E-state index in [1.807, 2.05) is 23.1 Å². The molecule has 0 saturated carbocycles. The molecule has 3 rings (SSSR count). The van der Waals surface area contributed by atoms with Crippen LogP contribution in [-0.2, 0) is 0 Å². The maximum atomic E-state index is 12.9. The first-order valence-electron chi connectivity index (χ1n) is 8.50. The number of carbonyl (C=O) groups excluding carboxylic acids is 1. The van der Waals surface area contributed by atoms with Gasteiger partial charge in [0.1, 0.15) is 5.75 Å². The first-order chi connectivity index (χ1) is 13.2. The number of anilines is 1. The number of benzene rings is 2. The molecule has 1 aliphatic rings. The molecule has 0 saturated heterocycles. The van der Waals surface area contributed by atoms with Crippen molar-refractivity contribution in [3.8, 4) is 17.2 Å². The van der Waals surface area contributed by atoms with Gasteiger partial charge in [-0.2, -0.15) is 0 Å². The topological polar surface area (TPSA) is 60.4 Å². The van der Waals surface area contributed by atoms with Gasteiger partial charge in [-0.3, -0.25) is 9.79 Å². The zero-order chi connectivity index (χ0) is 19.2. The lowest BCUT2D eigenvalue weighted by Gasteiger charge is -2.24. The summed E-state index contributed by atoms with van der Waals surface area (Å²) in [5.74, 6) is 2.89. The quantitative estimate of drug-likeness (QED) is 0.679. The van der Waals surface area contributed by atoms with Crippen LogP contribution in [0.2, 0.25) is 0 Å². The average Bonchev–Trinajstić information content (AvgIpc) is 3.26. The molecule has 27 heavy (non-hydrogen) atoms. The number of amidine groups is 1. The van der Waals surface area contributed by atoms with E-state index in [9.17, 15) is 4.79 Å². The molecule has 6 nitrogen and oxygen atoms in total. The van der Waals surface area contributed by atoms with Gasteiger partial charge >= 0.3 is 0 Å². The number of hydrogen-bond acceptors (Lipinski definition) is 7. The summed E-state index contributed by atoms with van der Waals surface area (Å²) in [6.07, 6.45) is 0. The van der Waals surface area contributed by atoms with E-state index in [0.717, 1.165) is 28.9 Å². The molecule has 2 aromatic rings. The Hall–Kier alpha value is -2.67. The van der Waals surface area contributed by atoms with Gasteiger partial charge in [-0.05, 0) is 36.4 Å². The number of carbonyl (C=O) groups is 1. The molecule has 0 aliphatic carbocycles. The van der Waals surface area contributed by atoms with E-state index in [1.54, 1.807) is 57.4 Å². The second-order valence-electron chi connectivity index (χ2n) is 5.79. The Morgan fingerprint density at radius 3 is 2.37 bits per heavy atom. The van der Waals surface area contributed by atoms with Gasteiger partial charge in [-0.25, -0.2) is 0 Å². The van der Waals surface area contributed by atoms with Crippen molar-refractivity contribution in [1.82, 2.24) is 0 Å². The maximum Gasteiger partial charge on any atom is 0.182 e. The predicted molar refractivity (Wildman–Crippen MR) is 109 cm³/mol. The van der Waals surface area contributed by atoms with Gasteiger partial charge in [-0.15, -0.1) is 0 Å². The number of nitrogens with zero attached hydrogens (tertiary/aromatic N) is 2. The fourth-order valence-electron chi connectivity index (χ4n) is 2.76. The van der Waals surface area contributed by atoms with Crippen LogP contribution in [0.25, 0.3) is 0 Å². The molecule has 0 amide bonds. The van der Waals surface area contributed by atoms with Gasteiger partial charge in [0.05, 0.1) is 34.4 Å². The number of Topliss-reactive ketones (excluding diaryl/α,β-unsaturated/α-hetero) is 1. The number of rotatable bonds is 7. The largest absolute Gasteiger partial charge is 0.497 e. The number of aliphatic imine (C=N–C) groups is 1. The molecule has 142 valence electrons. The maximum absolute atomic E-state index is 12.9. The first-order valence-corrected chi connectivity index (χ1v) is 9.49. The van der Waals surface area contributed by atoms with Crippen molar-refractivity contribution in [2.75, 3.05) is 45.1 Å². The minimum atomic E-state index is 0.00244. The van der Waals surface area contributed by atoms with Crippen LogP contribution in [0.15, 0.2) is 47.5 Å². The van der Waals surface area contributed by atoms with E-state index < -0.39 is 0 Å². The van der Waals surface area contributed by atoms with E-state index >= 15 is 0 Å². The van der Waals surface area contributed by atoms with E-state index in [2.05, 4.69) is 4.99 Å². The molecular formula is C20H22N2O4S. The molecule has 0 N–H and O–H groups in total. The van der Waals surface area contributed by atoms with E-state index in [1.165, 1.54) is 0 Å². The third-order valence-electron chi connectivity index (χ3n) is 4.19. The van der Waals surface area contributed by atoms with Crippen LogP contribution in [0.1, 0.15) is 10.4 Å². The van der Waals surface area contributed by atoms with Gasteiger partial charge in [-0.1, -0.05) is 11.8 Å². The summed E-state index contributed by atoms with van der Waals surface area (Å²) >= 11 is 1.64. The predicted octanol–water partition coefficient (Wildman–Crippen LogP) is 3.50. The lowest BCUT2D eigenvalue weighted by molar-refractivity contribution is 0.100. The van der Waals surface area contributed by atoms with Gasteiger partial charge in [0.2, 0.25) is 0 Å². The number of hydrogen-bond donors (Lipinski definition) is 0. The number of ether oxygens (including phenoxy) is 3. The highest BCUT2D eigenvalue weighted by Gasteiger charge is 2.22. The average molecular weight is 386 g/mol. The summed E-state index contributed by atoms with van der Waals surface area (Å²) in [5, 5.41) is 0.837. The Kier molecular flexibility index (Phi) is 6.24. The minimum absolute atomic E-state index is 0.00244. The standard InChI is InChI=1S/C20H22N2O4S/c1-24-16-7-4-14(5-8-16)17(23)13-22(20-21-10-11-27-20)15-6-9-18(25-2)19(12-15)26-3/h4-9,12H,10-11,13H2,1-3H3. The van der Waals surface area contributed by atoms with Crippen LogP contribution in [-0.4, -0.2) is 51.1 Å². The molecule has 1 aliphatic heterocycles. The zero-order valence-electron chi connectivity index (χ0n) is 15.6. The van der Waals surface area contributed by atoms with Crippen LogP contribution < -0.4 is 19.1 Å². The third kappa shape index (κ3) is 4.36. The molecule has 7 heteroatoms. The van der Waals surface area contributed by atoms with Gasteiger partial charge in [0, 0.05) is 23.1 Å². The van der Waals surface area contributed by atoms with E-state index in [0.29, 0.717) is 17.1 Å². The van der Waals surface area contributed by atoms with Crippen LogP contribution in [0.4, 0.5) is 5.69 Å². The second-order valence-corrected chi connectivity index (χ2v) is 6.85. The summed E-state index contributed by atoms with van der Waals surface area (Å²) in [6.45, 7) is 0.939. The summed E-state index contributed by atoms with van der Waals surface area (Å²) in [4.78, 5) is 19.3. The number of ketones is 1. The van der Waals surface area contributed by atoms with Crippen molar-refractivity contribution in [2.24, 2.45) is 4.99 Å². The lowest BCUT2D eigenvalue weighted by Crippen LogP contribution is -2.33. The highest BCUT2D eigenvalue weighted by molar-refractivity contribution is 8.14. The van der Waals surface area contributed by atoms with Crippen LogP contribution >= 0.6 is 11.8 Å². The molecule has 2 aromatic carbocycles. The van der Waals surface area contributed by atoms with Crippen LogP contribution in [0.3, 0.4) is 0 Å². The van der Waals surface area contributed by atoms with Crippen molar-refractivity contribution in [1.29, 1.82) is 0 Å². The summed E-state index contributed by atoms with van der Waals surface area (Å²) < 4.78 is 15.9. The monoisotopic (exact) mass is 386 g/mol.